The van der Waals surface area contributed by atoms with Crippen molar-refractivity contribution in [2.24, 2.45) is 0 Å². The van der Waals surface area contributed by atoms with Crippen molar-refractivity contribution in [2.45, 2.75) is 95.4 Å². The van der Waals surface area contributed by atoms with E-state index < -0.39 is 89.6 Å². The van der Waals surface area contributed by atoms with Crippen molar-refractivity contribution in [1.82, 2.24) is 20.8 Å². The Morgan fingerprint density at radius 2 is 0.880 bits per heavy atom. The zero-order chi connectivity index (χ0) is 54.8. The van der Waals surface area contributed by atoms with Gasteiger partial charge in [0, 0.05) is 12.2 Å². The van der Waals surface area contributed by atoms with Crippen molar-refractivity contribution in [3.63, 3.8) is 0 Å². The lowest BCUT2D eigenvalue weighted by Gasteiger charge is -2.30. The van der Waals surface area contributed by atoms with Crippen molar-refractivity contribution >= 4 is 65.6 Å². The minimum atomic E-state index is -2.84. The van der Waals surface area contributed by atoms with E-state index in [1.165, 1.54) is 57.2 Å². The Kier molecular flexibility index (Phi) is 23.6. The minimum Gasteiger partial charge on any atom is -0.467 e. The molecular formula is C56H64N4O15. The SMILES string of the molecule is COC(=O)[C@H](CCCCN(OC(=O)c1ccccc1)C(=O)/C=C/c1ccccc1)NC(=O)CC(O)(CC(=O)N[C@@H](CCCCN(OC(=O)c1ccccc1)C(=O)/C=C/c1ccccc1)C(=O)OC)C(=O)OC(C)(C)C. The fourth-order valence-electron chi connectivity index (χ4n) is 7.08. The number of hydrogen-bond donors (Lipinski definition) is 3. The van der Waals surface area contributed by atoms with Gasteiger partial charge in [0.05, 0.1) is 51.3 Å². The van der Waals surface area contributed by atoms with Gasteiger partial charge in [-0.2, -0.15) is 10.1 Å². The number of carbonyl (C=O) groups is 9. The van der Waals surface area contributed by atoms with E-state index in [1.54, 1.807) is 97.1 Å². The molecule has 0 aromatic heterocycles. The number of nitrogens with one attached hydrogen (secondary N) is 2. The normalized spacial score (nSPS) is 12.1. The van der Waals surface area contributed by atoms with Gasteiger partial charge in [0.15, 0.2) is 5.60 Å². The molecule has 0 heterocycles. The Bertz CT molecular complexity index is 2440. The van der Waals surface area contributed by atoms with Crippen molar-refractivity contribution in [2.75, 3.05) is 27.3 Å². The van der Waals surface area contributed by atoms with Crippen LogP contribution in [0.1, 0.15) is 104 Å². The van der Waals surface area contributed by atoms with E-state index in [2.05, 4.69) is 10.6 Å². The highest BCUT2D eigenvalue weighted by Gasteiger charge is 2.45. The van der Waals surface area contributed by atoms with Crippen LogP contribution in [-0.2, 0) is 57.4 Å². The molecule has 2 atom stereocenters. The van der Waals surface area contributed by atoms with Crippen LogP contribution >= 0.6 is 0 Å². The van der Waals surface area contributed by atoms with E-state index in [0.29, 0.717) is 0 Å². The molecule has 4 aromatic carbocycles. The van der Waals surface area contributed by atoms with Crippen molar-refractivity contribution in [3.8, 4) is 0 Å². The molecule has 0 fully saturated rings. The molecule has 0 spiro atoms. The summed E-state index contributed by atoms with van der Waals surface area (Å²) < 4.78 is 15.2. The number of rotatable bonds is 25. The summed E-state index contributed by atoms with van der Waals surface area (Å²) in [5.41, 5.74) is -2.19. The van der Waals surface area contributed by atoms with Crippen LogP contribution in [0.2, 0.25) is 0 Å². The van der Waals surface area contributed by atoms with E-state index in [4.69, 9.17) is 23.9 Å². The molecule has 0 unspecified atom stereocenters. The first-order valence-electron chi connectivity index (χ1n) is 24.1. The molecule has 0 radical (unpaired) electrons. The third kappa shape index (κ3) is 20.9. The van der Waals surface area contributed by atoms with Gasteiger partial charge in [-0.3, -0.25) is 19.2 Å². The first-order chi connectivity index (χ1) is 35.8. The third-order valence-electron chi connectivity index (χ3n) is 10.9. The number of esters is 3. The molecule has 19 nitrogen and oxygen atoms in total. The maximum atomic E-state index is 13.7. The Labute approximate surface area is 435 Å². The topological polar surface area (TPSA) is 251 Å². The van der Waals surface area contributed by atoms with E-state index in [0.717, 1.165) is 35.5 Å². The number of hydroxylamine groups is 4. The minimum absolute atomic E-state index is 0.0785. The quantitative estimate of drug-likeness (QED) is 0.0222. The summed E-state index contributed by atoms with van der Waals surface area (Å²) in [5, 5.41) is 18.5. The lowest BCUT2D eigenvalue weighted by atomic mass is 9.93. The predicted octanol–water partition coefficient (Wildman–Crippen LogP) is 6.12. The number of nitrogens with zero attached hydrogens (tertiary/aromatic N) is 2. The van der Waals surface area contributed by atoms with Gasteiger partial charge >= 0.3 is 29.8 Å². The highest BCUT2D eigenvalue weighted by atomic mass is 16.7. The van der Waals surface area contributed by atoms with E-state index in [9.17, 15) is 48.3 Å². The van der Waals surface area contributed by atoms with Crippen LogP contribution in [0.4, 0.5) is 0 Å². The molecule has 4 rings (SSSR count). The molecule has 3 N–H and O–H groups in total. The van der Waals surface area contributed by atoms with Crippen LogP contribution in [0, 0.1) is 0 Å². The highest BCUT2D eigenvalue weighted by molar-refractivity contribution is 5.96. The van der Waals surface area contributed by atoms with Crippen LogP contribution in [0.5, 0.6) is 0 Å². The molecule has 0 bridgehead atoms. The van der Waals surface area contributed by atoms with Gasteiger partial charge in [0.25, 0.3) is 11.8 Å². The molecular weight excluding hydrogens is 969 g/mol. The molecule has 0 saturated heterocycles. The molecule has 0 aliphatic heterocycles. The standard InChI is InChI=1S/C56H64N4O15/c1-55(2,3)73-54(69)56(70,38-46(61)57-44(52(67)71-4)30-18-20-36-59(74-50(65)42-26-14-8-15-27-42)48(63)34-32-40-22-10-6-11-23-40)39-47(62)58-45(53(68)72-5)31-19-21-37-60(75-51(66)43-28-16-9-17-29-43)49(64)35-33-41-24-12-7-13-25-41/h6-17,22-29,32-35,44-45,70H,18-21,30-31,36-39H2,1-5H3,(H,57,61)(H,58,62)/b34-32+,35-33+/t44-,45-/m0/s1. The van der Waals surface area contributed by atoms with E-state index in [1.807, 2.05) is 12.1 Å². The number of hydrogen-bond acceptors (Lipinski definition) is 15. The van der Waals surface area contributed by atoms with Crippen LogP contribution in [0.3, 0.4) is 0 Å². The zero-order valence-electron chi connectivity index (χ0n) is 42.6. The van der Waals surface area contributed by atoms with E-state index >= 15 is 0 Å². The first-order valence-corrected chi connectivity index (χ1v) is 24.1. The molecule has 4 aromatic rings. The lowest BCUT2D eigenvalue weighted by Crippen LogP contribution is -2.53. The number of benzene rings is 4. The van der Waals surface area contributed by atoms with Gasteiger partial charge in [-0.25, -0.2) is 24.0 Å². The molecule has 398 valence electrons. The zero-order valence-corrected chi connectivity index (χ0v) is 42.6. The molecule has 0 aliphatic carbocycles. The second-order valence-electron chi connectivity index (χ2n) is 18.0. The Balaban J connectivity index is 1.41. The van der Waals surface area contributed by atoms with Crippen LogP contribution in [-0.4, -0.2) is 119 Å². The summed E-state index contributed by atoms with van der Waals surface area (Å²) >= 11 is 0. The van der Waals surface area contributed by atoms with Crippen molar-refractivity contribution in [3.05, 3.63) is 156 Å². The maximum absolute atomic E-state index is 13.7. The van der Waals surface area contributed by atoms with Gasteiger partial charge < -0.3 is 39.6 Å². The third-order valence-corrected chi connectivity index (χ3v) is 10.9. The number of aliphatic hydroxyl groups is 1. The predicted molar refractivity (Wildman–Crippen MR) is 274 cm³/mol. The molecule has 19 heteroatoms. The summed E-state index contributed by atoms with van der Waals surface area (Å²) in [6.45, 7) is 4.26. The fraction of sp³-hybridized carbons (Fsp3) is 0.339. The Morgan fingerprint density at radius 3 is 1.21 bits per heavy atom. The largest absolute Gasteiger partial charge is 0.467 e. The average Bonchev–Trinajstić information content (AvgIpc) is 3.40. The van der Waals surface area contributed by atoms with Gasteiger partial charge in [0.2, 0.25) is 11.8 Å². The van der Waals surface area contributed by atoms with Crippen molar-refractivity contribution < 1.29 is 72.1 Å². The van der Waals surface area contributed by atoms with Gasteiger partial charge in [0.1, 0.15) is 17.7 Å². The number of ether oxygens (including phenoxy) is 3. The Hall–Kier alpha value is -8.45. The summed E-state index contributed by atoms with van der Waals surface area (Å²) in [7, 11) is 2.17. The number of amides is 4. The second-order valence-corrected chi connectivity index (χ2v) is 18.0. The number of unbranched alkanes of at least 4 members (excludes halogenated alkanes) is 2. The first kappa shape index (κ1) is 59.1. The molecule has 4 amide bonds. The number of carbonyl (C=O) groups excluding carboxylic acids is 9. The second kappa shape index (κ2) is 29.9. The van der Waals surface area contributed by atoms with Gasteiger partial charge in [-0.1, -0.05) is 97.1 Å². The highest BCUT2D eigenvalue weighted by Crippen LogP contribution is 2.23. The smallest absolute Gasteiger partial charge is 0.363 e. The van der Waals surface area contributed by atoms with Gasteiger partial charge in [-0.05, 0) is 107 Å². The van der Waals surface area contributed by atoms with Crippen molar-refractivity contribution in [1.29, 1.82) is 0 Å². The van der Waals surface area contributed by atoms with Crippen LogP contribution < -0.4 is 10.6 Å². The molecule has 0 aliphatic rings. The monoisotopic (exact) mass is 1030 g/mol. The number of methoxy groups -OCH3 is 2. The lowest BCUT2D eigenvalue weighted by molar-refractivity contribution is -0.181. The Morgan fingerprint density at radius 1 is 0.533 bits per heavy atom. The van der Waals surface area contributed by atoms with E-state index in [-0.39, 0.29) is 62.7 Å². The van der Waals surface area contributed by atoms with Crippen LogP contribution in [0.25, 0.3) is 12.2 Å². The maximum Gasteiger partial charge on any atom is 0.363 e. The fourth-order valence-corrected chi connectivity index (χ4v) is 7.08. The van der Waals surface area contributed by atoms with Crippen LogP contribution in [0.15, 0.2) is 133 Å². The summed E-state index contributed by atoms with van der Waals surface area (Å²) in [4.78, 5) is 130. The average molecular weight is 1030 g/mol. The summed E-state index contributed by atoms with van der Waals surface area (Å²) in [6.07, 6.45) is 3.90. The van der Waals surface area contributed by atoms with Gasteiger partial charge in [-0.15, -0.1) is 0 Å². The summed E-state index contributed by atoms with van der Waals surface area (Å²) in [6, 6.07) is 31.3. The molecule has 75 heavy (non-hydrogen) atoms. The summed E-state index contributed by atoms with van der Waals surface area (Å²) in [5.74, 6) is -8.08. The molecule has 0 saturated carbocycles.